The number of guanidine groups is 2. The van der Waals surface area contributed by atoms with Crippen LogP contribution in [0.3, 0.4) is 0 Å². The molecule has 0 radical (unpaired) electrons. The summed E-state index contributed by atoms with van der Waals surface area (Å²) in [4.78, 5) is 7.23. The van der Waals surface area contributed by atoms with E-state index in [1.54, 1.807) is 0 Å². The van der Waals surface area contributed by atoms with Crippen LogP contribution in [0.2, 0.25) is 0 Å². The molecule has 19 heavy (non-hydrogen) atoms. The third kappa shape index (κ3) is 4.66. The Bertz CT molecular complexity index is 501. The molecule has 0 atom stereocenters. The average Bonchev–Trinajstić information content (AvgIpc) is 2.29. The molecule has 0 amide bonds. The first-order valence-electron chi connectivity index (χ1n) is 4.99. The zero-order valence-electron chi connectivity index (χ0n) is 10.0. The Morgan fingerprint density at radius 1 is 1.26 bits per heavy atom. The number of hydrogen-bond donors (Lipinski definition) is 3. The molecule has 104 valence electrons. The lowest BCUT2D eigenvalue weighted by molar-refractivity contribution is -0.0494. The highest BCUT2D eigenvalue weighted by molar-refractivity contribution is 5.93. The van der Waals surface area contributed by atoms with Gasteiger partial charge in [0.15, 0.2) is 11.7 Å². The van der Waals surface area contributed by atoms with Crippen molar-refractivity contribution in [3.05, 3.63) is 18.2 Å². The van der Waals surface area contributed by atoms with E-state index in [4.69, 9.17) is 21.9 Å². The van der Waals surface area contributed by atoms with Gasteiger partial charge in [0.2, 0.25) is 5.96 Å². The van der Waals surface area contributed by atoms with Gasteiger partial charge < -0.3 is 26.7 Å². The quantitative estimate of drug-likeness (QED) is 0.545. The first-order chi connectivity index (χ1) is 8.92. The van der Waals surface area contributed by atoms with Gasteiger partial charge in [0.1, 0.15) is 11.4 Å². The van der Waals surface area contributed by atoms with E-state index in [2.05, 4.69) is 14.7 Å². The van der Waals surface area contributed by atoms with Gasteiger partial charge in [-0.3, -0.25) is 0 Å². The average molecular weight is 273 g/mol. The highest BCUT2D eigenvalue weighted by Gasteiger charge is 2.11. The summed E-state index contributed by atoms with van der Waals surface area (Å²) in [5.74, 6) is -0.393. The molecule has 1 rings (SSSR count). The van der Waals surface area contributed by atoms with Crippen LogP contribution in [0.15, 0.2) is 28.2 Å². The van der Waals surface area contributed by atoms with Crippen molar-refractivity contribution in [2.45, 2.75) is 6.61 Å². The van der Waals surface area contributed by atoms with Crippen LogP contribution in [0.1, 0.15) is 0 Å². The number of benzene rings is 1. The molecule has 0 saturated heterocycles. The second kappa shape index (κ2) is 6.38. The van der Waals surface area contributed by atoms with E-state index in [9.17, 15) is 8.78 Å². The number of hydrogen-bond acceptors (Lipinski definition) is 3. The van der Waals surface area contributed by atoms with Crippen LogP contribution in [0, 0.1) is 0 Å². The molecule has 9 heteroatoms. The summed E-state index contributed by atoms with van der Waals surface area (Å²) in [5, 5.41) is 0. The van der Waals surface area contributed by atoms with Gasteiger partial charge in [0.05, 0.1) is 7.11 Å². The SMILES string of the molecule is COc1ccc(OC(F)F)c(N=C(N)N=C(N)N)c1. The molecule has 0 aromatic heterocycles. The lowest BCUT2D eigenvalue weighted by Crippen LogP contribution is -2.26. The Hall–Kier alpha value is -2.58. The standard InChI is InChI=1S/C10H13F2N5O2/c1-18-5-2-3-7(19-8(11)12)6(4-5)16-10(15)17-9(13)14/h2-4,8H,1H3,(H6,13,14,15,16,17). The number of ether oxygens (including phenoxy) is 2. The topological polar surface area (TPSA) is 121 Å². The van der Waals surface area contributed by atoms with Crippen molar-refractivity contribution in [3.63, 3.8) is 0 Å². The Morgan fingerprint density at radius 2 is 1.95 bits per heavy atom. The van der Waals surface area contributed by atoms with Crippen LogP contribution in [-0.4, -0.2) is 25.6 Å². The molecule has 0 aliphatic carbocycles. The van der Waals surface area contributed by atoms with Crippen LogP contribution in [0.4, 0.5) is 14.5 Å². The summed E-state index contributed by atoms with van der Waals surface area (Å²) >= 11 is 0. The highest BCUT2D eigenvalue weighted by atomic mass is 19.3. The molecule has 0 fully saturated rings. The molecule has 1 aromatic carbocycles. The molecule has 0 bridgehead atoms. The summed E-state index contributed by atoms with van der Waals surface area (Å²) < 4.78 is 33.7. The van der Waals surface area contributed by atoms with E-state index in [1.807, 2.05) is 0 Å². The number of rotatable bonds is 4. The van der Waals surface area contributed by atoms with Crippen LogP contribution in [0.25, 0.3) is 0 Å². The second-order valence-electron chi connectivity index (χ2n) is 3.22. The third-order valence-electron chi connectivity index (χ3n) is 1.86. The molecule has 6 N–H and O–H groups in total. The minimum Gasteiger partial charge on any atom is -0.497 e. The molecule has 0 saturated carbocycles. The zero-order chi connectivity index (χ0) is 14.4. The summed E-state index contributed by atoms with van der Waals surface area (Å²) in [6.07, 6.45) is 0. The minimum atomic E-state index is -2.99. The fraction of sp³-hybridized carbons (Fsp3) is 0.200. The molecule has 0 spiro atoms. The first kappa shape index (κ1) is 14.5. The van der Waals surface area contributed by atoms with Gasteiger partial charge in [-0.1, -0.05) is 0 Å². The lowest BCUT2D eigenvalue weighted by Gasteiger charge is -2.09. The van der Waals surface area contributed by atoms with E-state index in [-0.39, 0.29) is 23.4 Å². The van der Waals surface area contributed by atoms with Crippen molar-refractivity contribution >= 4 is 17.6 Å². The van der Waals surface area contributed by atoms with Crippen molar-refractivity contribution < 1.29 is 18.3 Å². The first-order valence-corrected chi connectivity index (χ1v) is 4.99. The van der Waals surface area contributed by atoms with Gasteiger partial charge in [0.25, 0.3) is 0 Å². The van der Waals surface area contributed by atoms with Crippen molar-refractivity contribution in [3.8, 4) is 11.5 Å². The molecular weight excluding hydrogens is 260 g/mol. The number of nitrogens with zero attached hydrogens (tertiary/aromatic N) is 2. The Morgan fingerprint density at radius 3 is 2.47 bits per heavy atom. The highest BCUT2D eigenvalue weighted by Crippen LogP contribution is 2.32. The monoisotopic (exact) mass is 273 g/mol. The number of halogens is 2. The number of aliphatic imine (C=N–C) groups is 2. The van der Waals surface area contributed by atoms with Crippen molar-refractivity contribution in [2.75, 3.05) is 7.11 Å². The van der Waals surface area contributed by atoms with Crippen molar-refractivity contribution in [1.82, 2.24) is 0 Å². The molecule has 0 aliphatic rings. The smallest absolute Gasteiger partial charge is 0.387 e. The van der Waals surface area contributed by atoms with Crippen LogP contribution in [-0.2, 0) is 0 Å². The van der Waals surface area contributed by atoms with E-state index in [0.29, 0.717) is 5.75 Å². The van der Waals surface area contributed by atoms with E-state index in [1.165, 1.54) is 25.3 Å². The van der Waals surface area contributed by atoms with Crippen LogP contribution in [0.5, 0.6) is 11.5 Å². The van der Waals surface area contributed by atoms with Gasteiger partial charge >= 0.3 is 6.61 Å². The molecule has 0 unspecified atom stereocenters. The molecule has 0 aliphatic heterocycles. The van der Waals surface area contributed by atoms with Crippen LogP contribution < -0.4 is 26.7 Å². The maximum Gasteiger partial charge on any atom is 0.387 e. The third-order valence-corrected chi connectivity index (χ3v) is 1.86. The van der Waals surface area contributed by atoms with E-state index < -0.39 is 6.61 Å². The van der Waals surface area contributed by atoms with Crippen molar-refractivity contribution in [1.29, 1.82) is 0 Å². The maximum absolute atomic E-state index is 12.2. The van der Waals surface area contributed by atoms with Gasteiger partial charge in [0, 0.05) is 6.07 Å². The number of nitrogens with two attached hydrogens (primary N) is 3. The summed E-state index contributed by atoms with van der Waals surface area (Å²) in [6, 6.07) is 4.06. The van der Waals surface area contributed by atoms with Gasteiger partial charge in [-0.2, -0.15) is 13.8 Å². The molecule has 7 nitrogen and oxygen atoms in total. The Labute approximate surface area is 107 Å². The summed E-state index contributed by atoms with van der Waals surface area (Å²) in [6.45, 7) is -2.99. The second-order valence-corrected chi connectivity index (χ2v) is 3.22. The fourth-order valence-electron chi connectivity index (χ4n) is 1.19. The fourth-order valence-corrected chi connectivity index (χ4v) is 1.19. The Kier molecular flexibility index (Phi) is 4.86. The summed E-state index contributed by atoms with van der Waals surface area (Å²) in [7, 11) is 1.41. The Balaban J connectivity index is 3.17. The maximum atomic E-state index is 12.2. The number of methoxy groups -OCH3 is 1. The summed E-state index contributed by atoms with van der Waals surface area (Å²) in [5.41, 5.74) is 15.7. The van der Waals surface area contributed by atoms with Gasteiger partial charge in [-0.15, -0.1) is 0 Å². The molecule has 1 aromatic rings. The van der Waals surface area contributed by atoms with E-state index in [0.717, 1.165) is 0 Å². The lowest BCUT2D eigenvalue weighted by atomic mass is 10.3. The largest absolute Gasteiger partial charge is 0.497 e. The molecular formula is C10H13F2N5O2. The normalized spacial score (nSPS) is 11.3. The van der Waals surface area contributed by atoms with E-state index >= 15 is 0 Å². The van der Waals surface area contributed by atoms with Gasteiger partial charge in [-0.25, -0.2) is 4.99 Å². The zero-order valence-corrected chi connectivity index (χ0v) is 10.0. The van der Waals surface area contributed by atoms with Crippen molar-refractivity contribution in [2.24, 2.45) is 27.2 Å². The van der Waals surface area contributed by atoms with Crippen LogP contribution >= 0.6 is 0 Å². The molecule has 0 heterocycles. The number of alkyl halides is 2. The minimum absolute atomic E-state index is 0.0159. The van der Waals surface area contributed by atoms with Gasteiger partial charge in [-0.05, 0) is 12.1 Å². The predicted molar refractivity (Wildman–Crippen MR) is 66.7 cm³/mol. The predicted octanol–water partition coefficient (Wildman–Crippen LogP) is 0.516.